The van der Waals surface area contributed by atoms with E-state index in [0.29, 0.717) is 24.9 Å². The van der Waals surface area contributed by atoms with Crippen LogP contribution in [0.2, 0.25) is 0 Å². The highest BCUT2D eigenvalue weighted by atomic mass is 19.3. The van der Waals surface area contributed by atoms with E-state index >= 15 is 0 Å². The lowest BCUT2D eigenvalue weighted by molar-refractivity contribution is -0.694. The monoisotopic (exact) mass is 483 g/mol. The Morgan fingerprint density at radius 1 is 1.17 bits per heavy atom. The van der Waals surface area contributed by atoms with E-state index in [4.69, 9.17) is 4.74 Å². The van der Waals surface area contributed by atoms with Gasteiger partial charge in [-0.3, -0.25) is 0 Å². The van der Waals surface area contributed by atoms with Crippen molar-refractivity contribution < 1.29 is 28.0 Å². The van der Waals surface area contributed by atoms with Crippen LogP contribution in [0.1, 0.15) is 49.1 Å². The molecule has 2 atom stereocenters. The minimum absolute atomic E-state index is 0.0907. The second-order valence-electron chi connectivity index (χ2n) is 9.42. The van der Waals surface area contributed by atoms with Crippen LogP contribution in [0, 0.1) is 12.8 Å². The van der Waals surface area contributed by atoms with Crippen LogP contribution in [-0.4, -0.2) is 28.2 Å². The van der Waals surface area contributed by atoms with Crippen molar-refractivity contribution in [3.63, 3.8) is 0 Å². The van der Waals surface area contributed by atoms with Crippen LogP contribution < -0.4 is 4.57 Å². The van der Waals surface area contributed by atoms with Gasteiger partial charge in [0.05, 0.1) is 13.2 Å². The molecule has 0 spiro atoms. The van der Waals surface area contributed by atoms with Crippen molar-refractivity contribution in [2.75, 3.05) is 6.61 Å². The van der Waals surface area contributed by atoms with Gasteiger partial charge in [0.2, 0.25) is 5.92 Å². The number of halogens is 2. The number of benzene rings is 2. The summed E-state index contributed by atoms with van der Waals surface area (Å²) in [6, 6.07) is 18.5. The Hall–Kier alpha value is -3.06. The average Bonchev–Trinajstić information content (AvgIpc) is 3.20. The van der Waals surface area contributed by atoms with E-state index in [2.05, 4.69) is 21.3 Å². The van der Waals surface area contributed by atoms with E-state index in [1.807, 2.05) is 37.5 Å². The Kier molecular flexibility index (Phi) is 7.65. The highest BCUT2D eigenvalue weighted by molar-refractivity contribution is 5.81. The number of hydrogen-bond donors (Lipinski definition) is 1. The summed E-state index contributed by atoms with van der Waals surface area (Å²) in [4.78, 5) is 13.1. The van der Waals surface area contributed by atoms with Crippen LogP contribution in [0.4, 0.5) is 8.78 Å². The van der Waals surface area contributed by atoms with Gasteiger partial charge in [0.15, 0.2) is 5.60 Å². The van der Waals surface area contributed by atoms with Crippen molar-refractivity contribution in [1.82, 2.24) is 4.57 Å². The zero-order valence-electron chi connectivity index (χ0n) is 20.1. The summed E-state index contributed by atoms with van der Waals surface area (Å²) in [6.07, 6.45) is 4.41. The lowest BCUT2D eigenvalue weighted by Crippen LogP contribution is -2.48. The number of carbonyl (C=O) groups is 1. The molecular weight excluding hydrogens is 450 g/mol. The van der Waals surface area contributed by atoms with Crippen molar-refractivity contribution in [3.8, 4) is 0 Å². The van der Waals surface area contributed by atoms with E-state index in [0.717, 1.165) is 12.4 Å². The molecular formula is C28H33F2N2O3+. The smallest absolute Gasteiger partial charge is 0.343 e. The molecule has 0 saturated heterocycles. The molecule has 186 valence electrons. The van der Waals surface area contributed by atoms with Crippen molar-refractivity contribution in [2.24, 2.45) is 5.92 Å². The normalized spacial score (nSPS) is 19.1. The van der Waals surface area contributed by atoms with Gasteiger partial charge in [-0.25, -0.2) is 22.7 Å². The van der Waals surface area contributed by atoms with Gasteiger partial charge in [-0.15, -0.1) is 0 Å². The molecule has 0 aliphatic heterocycles. The summed E-state index contributed by atoms with van der Waals surface area (Å²) in [6.45, 7) is 3.52. The van der Waals surface area contributed by atoms with Gasteiger partial charge in [-0.1, -0.05) is 60.7 Å². The maximum absolute atomic E-state index is 14.2. The minimum Gasteiger partial charge on any atom is -0.463 e. The van der Waals surface area contributed by atoms with Crippen molar-refractivity contribution in [2.45, 2.75) is 63.6 Å². The van der Waals surface area contributed by atoms with Crippen LogP contribution in [-0.2, 0) is 28.2 Å². The Balaban J connectivity index is 1.38. The van der Waals surface area contributed by atoms with E-state index in [-0.39, 0.29) is 19.4 Å². The van der Waals surface area contributed by atoms with Gasteiger partial charge in [0.1, 0.15) is 18.9 Å². The van der Waals surface area contributed by atoms with Crippen LogP contribution >= 0.6 is 0 Å². The predicted molar refractivity (Wildman–Crippen MR) is 128 cm³/mol. The highest BCUT2D eigenvalue weighted by Crippen LogP contribution is 2.45. The van der Waals surface area contributed by atoms with E-state index in [1.165, 1.54) is 5.56 Å². The molecule has 1 saturated carbocycles. The summed E-state index contributed by atoms with van der Waals surface area (Å²) in [5.74, 6) is -3.57. The number of rotatable bonds is 9. The lowest BCUT2D eigenvalue weighted by Gasteiger charge is -2.39. The lowest BCUT2D eigenvalue weighted by atomic mass is 9.72. The fourth-order valence-corrected chi connectivity index (χ4v) is 4.98. The van der Waals surface area contributed by atoms with E-state index < -0.39 is 29.8 Å². The molecule has 7 heteroatoms. The second-order valence-corrected chi connectivity index (χ2v) is 9.42. The summed E-state index contributed by atoms with van der Waals surface area (Å²) in [5, 5.41) is 11.5. The summed E-state index contributed by atoms with van der Waals surface area (Å²) in [7, 11) is 0. The number of ether oxygens (including phenoxy) is 1. The molecule has 0 radical (unpaired) electrons. The fraction of sp³-hybridized carbons (Fsp3) is 0.429. The van der Waals surface area contributed by atoms with Crippen LogP contribution in [0.15, 0.2) is 73.1 Å². The first-order chi connectivity index (χ1) is 16.8. The molecule has 1 heterocycles. The van der Waals surface area contributed by atoms with Crippen molar-refractivity contribution >= 4 is 5.97 Å². The number of aromatic nitrogens is 2. The van der Waals surface area contributed by atoms with Crippen molar-refractivity contribution in [3.05, 3.63) is 90.0 Å². The molecule has 5 nitrogen and oxygen atoms in total. The SMILES string of the molecule is Cc1n(CCCOC(=O)[C@](O)(c2ccccc2)[C@@H]2CCCC(F)(F)C2)cc[n+]1Cc1ccccc1. The zero-order valence-corrected chi connectivity index (χ0v) is 20.1. The van der Waals surface area contributed by atoms with Crippen LogP contribution in [0.5, 0.6) is 0 Å². The van der Waals surface area contributed by atoms with Crippen molar-refractivity contribution in [1.29, 1.82) is 0 Å². The maximum Gasteiger partial charge on any atom is 0.343 e. The van der Waals surface area contributed by atoms with Gasteiger partial charge in [-0.05, 0) is 24.0 Å². The number of alkyl halides is 2. The molecule has 0 unspecified atom stereocenters. The standard InChI is InChI=1S/C28H33F2N2O3/c1-22-31(17-18-32(22)21-23-10-4-2-5-11-23)16-9-19-35-26(33)28(34,24-12-6-3-7-13-24)25-14-8-15-27(29,30)20-25/h2-7,10-13,17-18,25,34H,8-9,14-16,19-21H2,1H3/q+1/t25-,28+/m1/s1. The zero-order chi connectivity index (χ0) is 24.9. The molecule has 1 aliphatic rings. The third-order valence-corrected chi connectivity index (χ3v) is 6.99. The Bertz CT molecular complexity index is 1120. The Labute approximate surface area is 205 Å². The number of nitrogens with zero attached hydrogens (tertiary/aromatic N) is 2. The molecule has 1 N–H and O–H groups in total. The largest absolute Gasteiger partial charge is 0.463 e. The molecule has 0 bridgehead atoms. The first kappa shape index (κ1) is 25.0. The van der Waals surface area contributed by atoms with Gasteiger partial charge in [0, 0.05) is 32.1 Å². The van der Waals surface area contributed by atoms with E-state index in [9.17, 15) is 18.7 Å². The number of carbonyl (C=O) groups excluding carboxylic acids is 1. The number of esters is 1. The summed E-state index contributed by atoms with van der Waals surface area (Å²) >= 11 is 0. The first-order valence-electron chi connectivity index (χ1n) is 12.2. The van der Waals surface area contributed by atoms with Gasteiger partial charge < -0.3 is 9.84 Å². The molecule has 1 aromatic heterocycles. The molecule has 1 fully saturated rings. The average molecular weight is 484 g/mol. The quantitative estimate of drug-likeness (QED) is 0.271. The summed E-state index contributed by atoms with van der Waals surface area (Å²) in [5.41, 5.74) is -0.579. The number of hydrogen-bond acceptors (Lipinski definition) is 3. The topological polar surface area (TPSA) is 55.3 Å². The molecule has 35 heavy (non-hydrogen) atoms. The van der Waals surface area contributed by atoms with Gasteiger partial charge >= 0.3 is 5.97 Å². The van der Waals surface area contributed by atoms with Crippen LogP contribution in [0.3, 0.4) is 0 Å². The molecule has 0 amide bonds. The molecule has 4 rings (SSSR count). The van der Waals surface area contributed by atoms with E-state index in [1.54, 1.807) is 30.3 Å². The predicted octanol–water partition coefficient (Wildman–Crippen LogP) is 4.78. The number of aliphatic hydroxyl groups is 1. The third-order valence-electron chi connectivity index (χ3n) is 6.99. The molecule has 2 aromatic carbocycles. The van der Waals surface area contributed by atoms with Gasteiger partial charge in [-0.2, -0.15) is 0 Å². The number of imidazole rings is 1. The Morgan fingerprint density at radius 3 is 2.54 bits per heavy atom. The fourth-order valence-electron chi connectivity index (χ4n) is 4.98. The van der Waals surface area contributed by atoms with Crippen LogP contribution in [0.25, 0.3) is 0 Å². The van der Waals surface area contributed by atoms with Gasteiger partial charge in [0.25, 0.3) is 5.82 Å². The third kappa shape index (κ3) is 5.78. The minimum atomic E-state index is -2.90. The maximum atomic E-state index is 14.2. The number of aryl methyl sites for hydroxylation is 1. The first-order valence-corrected chi connectivity index (χ1v) is 12.2. The highest BCUT2D eigenvalue weighted by Gasteiger charge is 2.52. The summed E-state index contributed by atoms with van der Waals surface area (Å²) < 4.78 is 38.1. The molecule has 3 aromatic rings. The second kappa shape index (κ2) is 10.7. The molecule has 1 aliphatic carbocycles. The Morgan fingerprint density at radius 2 is 1.86 bits per heavy atom.